The first kappa shape index (κ1) is 19.7. The van der Waals surface area contributed by atoms with Gasteiger partial charge in [0.2, 0.25) is 5.91 Å². The number of para-hydroxylation sites is 3. The average Bonchev–Trinajstić information content (AvgIpc) is 2.70. The van der Waals surface area contributed by atoms with Crippen LogP contribution in [0, 0.1) is 21.7 Å². The lowest BCUT2D eigenvalue weighted by Gasteiger charge is -2.38. The molecular weight excluding hydrogens is 370 g/mol. The van der Waals surface area contributed by atoms with Crippen LogP contribution < -0.4 is 10.2 Å². The number of amides is 1. The Morgan fingerprint density at radius 1 is 1.07 bits per heavy atom. The second-order valence-corrected chi connectivity index (χ2v) is 6.53. The Hall–Kier alpha value is -3.07. The molecule has 0 aromatic heterocycles. The van der Waals surface area contributed by atoms with Gasteiger partial charge in [0, 0.05) is 32.2 Å². The maximum absolute atomic E-state index is 13.7. The van der Waals surface area contributed by atoms with E-state index in [1.165, 1.54) is 12.1 Å². The van der Waals surface area contributed by atoms with Crippen LogP contribution >= 0.6 is 0 Å². The fourth-order valence-electron chi connectivity index (χ4n) is 3.25. The van der Waals surface area contributed by atoms with Crippen LogP contribution in [0.5, 0.6) is 0 Å². The van der Waals surface area contributed by atoms with Gasteiger partial charge in [-0.1, -0.05) is 18.2 Å². The molecule has 1 amide bonds. The smallest absolute Gasteiger partial charge is 0.292 e. The maximum Gasteiger partial charge on any atom is 0.292 e. The van der Waals surface area contributed by atoms with E-state index in [0.717, 1.165) is 12.1 Å². The van der Waals surface area contributed by atoms with Crippen LogP contribution in [0.4, 0.5) is 25.8 Å². The Kier molecular flexibility index (Phi) is 5.84. The predicted octanol–water partition coefficient (Wildman–Crippen LogP) is 3.02. The highest BCUT2D eigenvalue weighted by molar-refractivity contribution is 5.94. The molecule has 0 aliphatic carbocycles. The molecule has 0 saturated carbocycles. The second-order valence-electron chi connectivity index (χ2n) is 6.53. The molecule has 1 fully saturated rings. The van der Waals surface area contributed by atoms with Crippen LogP contribution in [-0.2, 0) is 4.79 Å². The molecule has 0 bridgehead atoms. The Labute approximate surface area is 160 Å². The van der Waals surface area contributed by atoms with Gasteiger partial charge in [0.1, 0.15) is 23.0 Å². The van der Waals surface area contributed by atoms with Gasteiger partial charge in [-0.2, -0.15) is 0 Å². The van der Waals surface area contributed by atoms with Gasteiger partial charge < -0.3 is 10.2 Å². The summed E-state index contributed by atoms with van der Waals surface area (Å²) in [6, 6.07) is 9.30. The second kappa shape index (κ2) is 8.30. The highest BCUT2D eigenvalue weighted by Gasteiger charge is 2.28. The van der Waals surface area contributed by atoms with E-state index in [9.17, 15) is 23.7 Å². The van der Waals surface area contributed by atoms with E-state index in [4.69, 9.17) is 0 Å². The van der Waals surface area contributed by atoms with Crippen LogP contribution in [0.3, 0.4) is 0 Å². The minimum atomic E-state index is -0.832. The lowest BCUT2D eigenvalue weighted by atomic mass is 10.1. The quantitative estimate of drug-likeness (QED) is 0.627. The van der Waals surface area contributed by atoms with Gasteiger partial charge in [-0.05, 0) is 25.1 Å². The predicted molar refractivity (Wildman–Crippen MR) is 101 cm³/mol. The number of nitrogens with zero attached hydrogens (tertiary/aromatic N) is 3. The number of piperazine rings is 1. The molecule has 2 aromatic carbocycles. The van der Waals surface area contributed by atoms with Crippen molar-refractivity contribution >= 4 is 23.0 Å². The number of nitro benzene ring substituents is 1. The van der Waals surface area contributed by atoms with Crippen LogP contribution in [0.2, 0.25) is 0 Å². The van der Waals surface area contributed by atoms with Crippen molar-refractivity contribution in [3.05, 3.63) is 64.2 Å². The monoisotopic (exact) mass is 390 g/mol. The molecule has 28 heavy (non-hydrogen) atoms. The number of nitrogens with one attached hydrogen (secondary N) is 1. The fourth-order valence-corrected chi connectivity index (χ4v) is 3.25. The van der Waals surface area contributed by atoms with E-state index in [-0.39, 0.29) is 5.69 Å². The minimum Gasteiger partial charge on any atom is -0.363 e. The lowest BCUT2D eigenvalue weighted by Crippen LogP contribution is -2.53. The first-order valence-electron chi connectivity index (χ1n) is 8.85. The standard InChI is InChI=1S/C19H20F2N4O3/c1-13(19(26)22-18-14(20)5-4-6-15(18)21)23-9-11-24(12-10-23)16-7-2-3-8-17(16)25(27)28/h2-8,13H,9-12H2,1H3,(H,22,26). The third-order valence-corrected chi connectivity index (χ3v) is 4.87. The topological polar surface area (TPSA) is 78.7 Å². The number of carbonyl (C=O) groups is 1. The third-order valence-electron chi connectivity index (χ3n) is 4.87. The molecule has 1 N–H and O–H groups in total. The van der Waals surface area contributed by atoms with Gasteiger partial charge in [0.05, 0.1) is 11.0 Å². The first-order chi connectivity index (χ1) is 13.4. The Morgan fingerprint density at radius 3 is 2.29 bits per heavy atom. The number of anilines is 2. The molecule has 1 atom stereocenters. The lowest BCUT2D eigenvalue weighted by molar-refractivity contribution is -0.384. The van der Waals surface area contributed by atoms with Crippen molar-refractivity contribution < 1.29 is 18.5 Å². The van der Waals surface area contributed by atoms with E-state index >= 15 is 0 Å². The SMILES string of the molecule is CC(C(=O)Nc1c(F)cccc1F)N1CCN(c2ccccc2[N+](=O)[O-])CC1. The summed E-state index contributed by atoms with van der Waals surface area (Å²) < 4.78 is 27.5. The highest BCUT2D eigenvalue weighted by atomic mass is 19.1. The summed E-state index contributed by atoms with van der Waals surface area (Å²) in [5.41, 5.74) is 0.118. The van der Waals surface area contributed by atoms with Crippen LogP contribution in [0.25, 0.3) is 0 Å². The molecule has 3 rings (SSSR count). The van der Waals surface area contributed by atoms with Gasteiger partial charge in [-0.3, -0.25) is 19.8 Å². The number of hydrogen-bond donors (Lipinski definition) is 1. The molecule has 1 unspecified atom stereocenters. The van der Waals surface area contributed by atoms with Crippen molar-refractivity contribution in [1.82, 2.24) is 4.90 Å². The van der Waals surface area contributed by atoms with Gasteiger partial charge in [0.15, 0.2) is 0 Å². The zero-order valence-electron chi connectivity index (χ0n) is 15.3. The van der Waals surface area contributed by atoms with Gasteiger partial charge in [0.25, 0.3) is 5.69 Å². The van der Waals surface area contributed by atoms with Crippen molar-refractivity contribution in [2.45, 2.75) is 13.0 Å². The largest absolute Gasteiger partial charge is 0.363 e. The van der Waals surface area contributed by atoms with Gasteiger partial charge >= 0.3 is 0 Å². The van der Waals surface area contributed by atoms with Crippen LogP contribution in [-0.4, -0.2) is 48.0 Å². The molecule has 2 aromatic rings. The Bertz CT molecular complexity index is 865. The third kappa shape index (κ3) is 4.09. The Balaban J connectivity index is 1.63. The molecule has 1 saturated heterocycles. The van der Waals surface area contributed by atoms with E-state index in [1.54, 1.807) is 25.1 Å². The molecule has 7 nitrogen and oxygen atoms in total. The number of nitro groups is 1. The van der Waals surface area contributed by atoms with Gasteiger partial charge in [-0.15, -0.1) is 0 Å². The van der Waals surface area contributed by atoms with Crippen LogP contribution in [0.1, 0.15) is 6.92 Å². The number of carbonyl (C=O) groups excluding carboxylic acids is 1. The number of halogens is 2. The average molecular weight is 390 g/mol. The number of hydrogen-bond acceptors (Lipinski definition) is 5. The van der Waals surface area contributed by atoms with E-state index in [0.29, 0.717) is 31.9 Å². The van der Waals surface area contributed by atoms with E-state index < -0.39 is 34.2 Å². The summed E-state index contributed by atoms with van der Waals surface area (Å²) >= 11 is 0. The van der Waals surface area contributed by atoms with E-state index in [1.807, 2.05) is 9.80 Å². The minimum absolute atomic E-state index is 0.0387. The highest BCUT2D eigenvalue weighted by Crippen LogP contribution is 2.28. The van der Waals surface area contributed by atoms with Crippen molar-refractivity contribution in [2.75, 3.05) is 36.4 Å². The van der Waals surface area contributed by atoms with Crippen LogP contribution in [0.15, 0.2) is 42.5 Å². The molecular formula is C19H20F2N4O3. The summed E-state index contributed by atoms with van der Waals surface area (Å²) in [6.07, 6.45) is 0. The molecule has 0 spiro atoms. The fraction of sp³-hybridized carbons (Fsp3) is 0.316. The zero-order valence-corrected chi connectivity index (χ0v) is 15.3. The zero-order chi connectivity index (χ0) is 20.3. The maximum atomic E-state index is 13.7. The summed E-state index contributed by atoms with van der Waals surface area (Å²) in [4.78, 5) is 27.0. The normalized spacial score (nSPS) is 15.9. The summed E-state index contributed by atoms with van der Waals surface area (Å²) in [7, 11) is 0. The summed E-state index contributed by atoms with van der Waals surface area (Å²) in [6.45, 7) is 3.63. The van der Waals surface area contributed by atoms with E-state index in [2.05, 4.69) is 5.32 Å². The van der Waals surface area contributed by atoms with Crippen molar-refractivity contribution in [3.8, 4) is 0 Å². The summed E-state index contributed by atoms with van der Waals surface area (Å²) in [5, 5.41) is 13.5. The molecule has 1 heterocycles. The molecule has 9 heteroatoms. The molecule has 1 aliphatic rings. The van der Waals surface area contributed by atoms with Crippen molar-refractivity contribution in [2.24, 2.45) is 0 Å². The molecule has 1 aliphatic heterocycles. The van der Waals surface area contributed by atoms with Crippen molar-refractivity contribution in [3.63, 3.8) is 0 Å². The summed E-state index contributed by atoms with van der Waals surface area (Å²) in [5.74, 6) is -2.17. The van der Waals surface area contributed by atoms with Gasteiger partial charge in [-0.25, -0.2) is 8.78 Å². The molecule has 0 radical (unpaired) electrons. The number of benzene rings is 2. The first-order valence-corrected chi connectivity index (χ1v) is 8.85. The number of rotatable bonds is 5. The Morgan fingerprint density at radius 2 is 1.68 bits per heavy atom. The molecule has 148 valence electrons. The van der Waals surface area contributed by atoms with Crippen molar-refractivity contribution in [1.29, 1.82) is 0 Å².